The first-order valence-corrected chi connectivity index (χ1v) is 8.23. The Bertz CT molecular complexity index is 608. The molecule has 0 radical (unpaired) electrons. The van der Waals surface area contributed by atoms with Crippen LogP contribution in [0.15, 0.2) is 40.5 Å². The summed E-state index contributed by atoms with van der Waals surface area (Å²) >= 11 is 1.51. The quantitative estimate of drug-likeness (QED) is 0.865. The number of allylic oxidation sites excluding steroid dienone is 1. The molecule has 0 saturated heterocycles. The van der Waals surface area contributed by atoms with Crippen molar-refractivity contribution < 1.29 is 14.3 Å². The third-order valence-electron chi connectivity index (χ3n) is 3.34. The van der Waals surface area contributed by atoms with E-state index >= 15 is 0 Å². The zero-order chi connectivity index (χ0) is 16.1. The summed E-state index contributed by atoms with van der Waals surface area (Å²) in [5, 5.41) is 3.93. The molecule has 22 heavy (non-hydrogen) atoms. The van der Waals surface area contributed by atoms with Crippen LogP contribution in [-0.4, -0.2) is 31.1 Å². The molecule has 1 aliphatic rings. The van der Waals surface area contributed by atoms with Gasteiger partial charge in [-0.2, -0.15) is 0 Å². The largest absolute Gasteiger partial charge is 0.497 e. The van der Waals surface area contributed by atoms with Crippen LogP contribution >= 0.6 is 11.8 Å². The van der Waals surface area contributed by atoms with E-state index in [0.717, 1.165) is 22.2 Å². The number of carbonyl (C=O) groups excluding carboxylic acids is 1. The predicted octanol–water partition coefficient (Wildman–Crippen LogP) is 2.90. The first kappa shape index (κ1) is 16.4. The van der Waals surface area contributed by atoms with Gasteiger partial charge in [0, 0.05) is 5.70 Å². The molecule has 0 aromatic heterocycles. The van der Waals surface area contributed by atoms with E-state index in [-0.39, 0.29) is 12.0 Å². The average Bonchev–Trinajstić information content (AvgIpc) is 2.54. The molecule has 1 atom stereocenters. The van der Waals surface area contributed by atoms with Crippen molar-refractivity contribution in [2.24, 2.45) is 4.99 Å². The van der Waals surface area contributed by atoms with Gasteiger partial charge < -0.3 is 14.8 Å². The summed E-state index contributed by atoms with van der Waals surface area (Å²) in [4.78, 5) is 16.9. The number of nitrogens with one attached hydrogen (secondary N) is 1. The third-order valence-corrected chi connectivity index (χ3v) is 3.93. The van der Waals surface area contributed by atoms with E-state index in [2.05, 4.69) is 10.3 Å². The number of rotatable bonds is 4. The third kappa shape index (κ3) is 3.44. The molecule has 1 N–H and O–H groups in total. The van der Waals surface area contributed by atoms with Crippen molar-refractivity contribution in [3.05, 3.63) is 41.1 Å². The molecule has 0 aliphatic carbocycles. The van der Waals surface area contributed by atoms with E-state index in [1.165, 1.54) is 11.8 Å². The lowest BCUT2D eigenvalue weighted by atomic mass is 9.96. The van der Waals surface area contributed by atoms with E-state index in [9.17, 15) is 4.79 Å². The van der Waals surface area contributed by atoms with E-state index < -0.39 is 0 Å². The highest BCUT2D eigenvalue weighted by Crippen LogP contribution is 2.33. The van der Waals surface area contributed by atoms with Crippen LogP contribution in [0.3, 0.4) is 0 Å². The summed E-state index contributed by atoms with van der Waals surface area (Å²) in [5.41, 5.74) is 2.25. The van der Waals surface area contributed by atoms with Gasteiger partial charge >= 0.3 is 5.97 Å². The second-order valence-corrected chi connectivity index (χ2v) is 5.49. The van der Waals surface area contributed by atoms with Crippen molar-refractivity contribution in [1.29, 1.82) is 0 Å². The van der Waals surface area contributed by atoms with E-state index in [0.29, 0.717) is 12.2 Å². The molecule has 0 fully saturated rings. The Balaban J connectivity index is 2.42. The van der Waals surface area contributed by atoms with Crippen molar-refractivity contribution in [3.8, 4) is 5.75 Å². The molecule has 1 aromatic carbocycles. The molecule has 6 heteroatoms. The van der Waals surface area contributed by atoms with Crippen molar-refractivity contribution >= 4 is 22.9 Å². The zero-order valence-electron chi connectivity index (χ0n) is 13.2. The van der Waals surface area contributed by atoms with Crippen LogP contribution in [-0.2, 0) is 9.53 Å². The van der Waals surface area contributed by atoms with Crippen molar-refractivity contribution in [2.75, 3.05) is 20.0 Å². The van der Waals surface area contributed by atoms with Crippen LogP contribution in [0.4, 0.5) is 0 Å². The number of nitrogens with zero attached hydrogens (tertiary/aromatic N) is 1. The molecule has 118 valence electrons. The Morgan fingerprint density at radius 3 is 2.59 bits per heavy atom. The Morgan fingerprint density at radius 2 is 2.05 bits per heavy atom. The summed E-state index contributed by atoms with van der Waals surface area (Å²) in [7, 11) is 1.62. The molecule has 0 bridgehead atoms. The predicted molar refractivity (Wildman–Crippen MR) is 89.2 cm³/mol. The molecule has 2 rings (SSSR count). The number of thioether (sulfide) groups is 1. The van der Waals surface area contributed by atoms with Crippen molar-refractivity contribution in [1.82, 2.24) is 5.32 Å². The van der Waals surface area contributed by atoms with E-state index in [1.54, 1.807) is 14.0 Å². The summed E-state index contributed by atoms with van der Waals surface area (Å²) in [6.45, 7) is 4.00. The number of esters is 1. The van der Waals surface area contributed by atoms with Gasteiger partial charge in [-0.25, -0.2) is 9.79 Å². The molecular formula is C16H20N2O3S. The summed E-state index contributed by atoms with van der Waals surface area (Å²) in [6.07, 6.45) is 1.94. The lowest BCUT2D eigenvalue weighted by molar-refractivity contribution is -0.138. The molecule has 1 heterocycles. The highest BCUT2D eigenvalue weighted by molar-refractivity contribution is 8.13. The number of ether oxygens (including phenoxy) is 2. The highest BCUT2D eigenvalue weighted by atomic mass is 32.2. The van der Waals surface area contributed by atoms with Crippen LogP contribution in [0.5, 0.6) is 5.75 Å². The fourth-order valence-corrected chi connectivity index (χ4v) is 2.72. The summed E-state index contributed by atoms with van der Waals surface area (Å²) < 4.78 is 10.4. The minimum absolute atomic E-state index is 0.336. The maximum atomic E-state index is 12.3. The second-order valence-electron chi connectivity index (χ2n) is 4.70. The topological polar surface area (TPSA) is 59.9 Å². The SMILES string of the molecule is CCOC(=O)C1=C(C)NC(SC)=N[C@@H]1c1ccc(OC)cc1. The summed E-state index contributed by atoms with van der Waals surface area (Å²) in [5.74, 6) is 0.433. The van der Waals surface area contributed by atoms with E-state index in [1.807, 2.05) is 37.4 Å². The van der Waals surface area contributed by atoms with Gasteiger partial charge in [-0.05, 0) is 37.8 Å². The number of benzene rings is 1. The fraction of sp³-hybridized carbons (Fsp3) is 0.375. The minimum Gasteiger partial charge on any atom is -0.497 e. The maximum absolute atomic E-state index is 12.3. The van der Waals surface area contributed by atoms with Crippen LogP contribution in [0.2, 0.25) is 0 Å². The number of amidine groups is 1. The number of hydrogen-bond acceptors (Lipinski definition) is 6. The van der Waals surface area contributed by atoms with Gasteiger partial charge in [0.1, 0.15) is 11.8 Å². The Kier molecular flexibility index (Phi) is 5.49. The molecule has 0 saturated carbocycles. The molecule has 0 unspecified atom stereocenters. The lowest BCUT2D eigenvalue weighted by Crippen LogP contribution is -2.30. The number of methoxy groups -OCH3 is 1. The number of hydrogen-bond donors (Lipinski definition) is 1. The summed E-state index contributed by atoms with van der Waals surface area (Å²) in [6, 6.07) is 7.20. The van der Waals surface area contributed by atoms with Gasteiger partial charge in [0.2, 0.25) is 0 Å². The van der Waals surface area contributed by atoms with Gasteiger partial charge in [-0.1, -0.05) is 23.9 Å². The first-order valence-electron chi connectivity index (χ1n) is 7.01. The molecule has 0 spiro atoms. The van der Waals surface area contributed by atoms with Crippen molar-refractivity contribution in [3.63, 3.8) is 0 Å². The molecular weight excluding hydrogens is 300 g/mol. The first-order chi connectivity index (χ1) is 10.6. The van der Waals surface area contributed by atoms with Crippen LogP contribution in [0, 0.1) is 0 Å². The Hall–Kier alpha value is -1.95. The molecule has 1 aromatic rings. The molecule has 1 aliphatic heterocycles. The van der Waals surface area contributed by atoms with E-state index in [4.69, 9.17) is 9.47 Å². The van der Waals surface area contributed by atoms with Gasteiger partial charge in [0.25, 0.3) is 0 Å². The molecule has 5 nitrogen and oxygen atoms in total. The maximum Gasteiger partial charge on any atom is 0.338 e. The van der Waals surface area contributed by atoms with Crippen LogP contribution < -0.4 is 10.1 Å². The van der Waals surface area contributed by atoms with Gasteiger partial charge in [0.15, 0.2) is 5.17 Å². The highest BCUT2D eigenvalue weighted by Gasteiger charge is 2.30. The van der Waals surface area contributed by atoms with Crippen LogP contribution in [0.1, 0.15) is 25.5 Å². The Morgan fingerprint density at radius 1 is 1.36 bits per heavy atom. The van der Waals surface area contributed by atoms with Crippen molar-refractivity contribution in [2.45, 2.75) is 19.9 Å². The minimum atomic E-state index is -0.367. The zero-order valence-corrected chi connectivity index (χ0v) is 14.0. The average molecular weight is 320 g/mol. The smallest absolute Gasteiger partial charge is 0.338 e. The lowest BCUT2D eigenvalue weighted by Gasteiger charge is -2.25. The normalized spacial score (nSPS) is 17.6. The van der Waals surface area contributed by atoms with Gasteiger partial charge in [0.05, 0.1) is 19.3 Å². The molecule has 0 amide bonds. The monoisotopic (exact) mass is 320 g/mol. The second kappa shape index (κ2) is 7.35. The Labute approximate surface area is 134 Å². The van der Waals surface area contributed by atoms with Crippen LogP contribution in [0.25, 0.3) is 0 Å². The number of aliphatic imine (C=N–C) groups is 1. The standard InChI is InChI=1S/C16H20N2O3S/c1-5-21-15(19)13-10(2)17-16(22-4)18-14(13)11-6-8-12(20-3)9-7-11/h6-9,14H,5H2,1-4H3,(H,17,18)/t14-/m1/s1. The van der Waals surface area contributed by atoms with Gasteiger partial charge in [-0.15, -0.1) is 0 Å². The van der Waals surface area contributed by atoms with Gasteiger partial charge in [-0.3, -0.25) is 0 Å². The fourth-order valence-electron chi connectivity index (χ4n) is 2.25. The number of carbonyl (C=O) groups is 1.